The summed E-state index contributed by atoms with van der Waals surface area (Å²) in [6, 6.07) is 13.1. The minimum Gasteiger partial charge on any atom is -0.368 e. The number of para-hydroxylation sites is 1. The van der Waals surface area contributed by atoms with Crippen LogP contribution in [0, 0.1) is 13.8 Å². The average Bonchev–Trinajstić information content (AvgIpc) is 3.01. The van der Waals surface area contributed by atoms with Gasteiger partial charge in [-0.3, -0.25) is 24.6 Å². The molecule has 0 aliphatic carbocycles. The molecule has 1 aliphatic heterocycles. The Balaban J connectivity index is 1.82. The van der Waals surface area contributed by atoms with Crippen molar-refractivity contribution in [1.82, 2.24) is 9.88 Å². The number of carbonyl (C=O) groups is 3. The number of nitrogens with zero attached hydrogens (tertiary/aromatic N) is 2. The molecule has 8 heteroatoms. The predicted octanol–water partition coefficient (Wildman–Crippen LogP) is 2.57. The summed E-state index contributed by atoms with van der Waals surface area (Å²) in [5, 5.41) is 3.43. The highest BCUT2D eigenvalue weighted by Crippen LogP contribution is 2.27. The number of rotatable bonds is 4. The predicted molar refractivity (Wildman–Crippen MR) is 123 cm³/mol. The van der Waals surface area contributed by atoms with Crippen molar-refractivity contribution >= 4 is 57.7 Å². The van der Waals surface area contributed by atoms with Gasteiger partial charge >= 0.3 is 0 Å². The molecule has 1 aliphatic rings. The van der Waals surface area contributed by atoms with Crippen molar-refractivity contribution < 1.29 is 14.4 Å². The molecule has 0 atom stereocenters. The highest BCUT2D eigenvalue weighted by molar-refractivity contribution is 7.80. The van der Waals surface area contributed by atoms with Crippen molar-refractivity contribution in [3.05, 3.63) is 70.9 Å². The summed E-state index contributed by atoms with van der Waals surface area (Å²) in [4.78, 5) is 38.8. The number of hydrogen-bond donors (Lipinski definition) is 2. The Morgan fingerprint density at radius 3 is 2.48 bits per heavy atom. The lowest BCUT2D eigenvalue weighted by atomic mass is 10.1. The molecule has 156 valence electrons. The van der Waals surface area contributed by atoms with Gasteiger partial charge < -0.3 is 10.3 Å². The number of thiocarbonyl (C=S) groups is 1. The first-order valence-corrected chi connectivity index (χ1v) is 10.0. The highest BCUT2D eigenvalue weighted by Gasteiger charge is 2.34. The van der Waals surface area contributed by atoms with Gasteiger partial charge in [-0.15, -0.1) is 0 Å². The summed E-state index contributed by atoms with van der Waals surface area (Å²) in [5.74, 6) is -1.56. The Kier molecular flexibility index (Phi) is 5.16. The van der Waals surface area contributed by atoms with Gasteiger partial charge in [0.1, 0.15) is 12.1 Å². The molecule has 1 aromatic heterocycles. The van der Waals surface area contributed by atoms with Crippen molar-refractivity contribution in [2.75, 3.05) is 4.90 Å². The number of fused-ring (bicyclic) bond motifs is 1. The van der Waals surface area contributed by atoms with Crippen molar-refractivity contribution in [2.45, 2.75) is 20.4 Å². The lowest BCUT2D eigenvalue weighted by Gasteiger charge is -2.29. The standard InChI is InChI=1S/C23H20N4O3S/c1-13-7-14(2)9-16(8-13)27-22(30)18(21(29)25-23(27)31)10-15-11-26(12-20(24)28)19-6-4-3-5-17(15)19/h3-11H,12H2,1-2H3,(H2,24,28)(H,25,29,31)/b18-10+. The molecule has 3 amide bonds. The molecule has 1 saturated heterocycles. The molecule has 31 heavy (non-hydrogen) atoms. The maximum Gasteiger partial charge on any atom is 0.270 e. The molecule has 3 N–H and O–H groups in total. The van der Waals surface area contributed by atoms with Gasteiger partial charge in [0.05, 0.1) is 5.69 Å². The molecule has 4 rings (SSSR count). The number of benzene rings is 2. The van der Waals surface area contributed by atoms with Gasteiger partial charge in [0, 0.05) is 22.7 Å². The average molecular weight is 433 g/mol. The minimum absolute atomic E-state index is 0.0113. The Labute approximate surface area is 184 Å². The summed E-state index contributed by atoms with van der Waals surface area (Å²) >= 11 is 5.29. The van der Waals surface area contributed by atoms with Crippen LogP contribution in [0.2, 0.25) is 0 Å². The van der Waals surface area contributed by atoms with E-state index >= 15 is 0 Å². The van der Waals surface area contributed by atoms with Gasteiger partial charge in [-0.2, -0.15) is 0 Å². The maximum absolute atomic E-state index is 13.3. The maximum atomic E-state index is 13.3. The van der Waals surface area contributed by atoms with Crippen LogP contribution in [0.15, 0.2) is 54.2 Å². The summed E-state index contributed by atoms with van der Waals surface area (Å²) < 4.78 is 1.70. The van der Waals surface area contributed by atoms with Crippen LogP contribution in [0.5, 0.6) is 0 Å². The fourth-order valence-electron chi connectivity index (χ4n) is 3.82. The first kappa shape index (κ1) is 20.5. The van der Waals surface area contributed by atoms with Crippen LogP contribution < -0.4 is 16.0 Å². The molecule has 2 aromatic carbocycles. The molecule has 7 nitrogen and oxygen atoms in total. The highest BCUT2D eigenvalue weighted by atomic mass is 32.1. The van der Waals surface area contributed by atoms with Crippen molar-refractivity contribution in [1.29, 1.82) is 0 Å². The fourth-order valence-corrected chi connectivity index (χ4v) is 4.10. The first-order chi connectivity index (χ1) is 14.7. The number of aryl methyl sites for hydroxylation is 2. The Morgan fingerprint density at radius 2 is 1.81 bits per heavy atom. The number of nitrogens with two attached hydrogens (primary N) is 1. The summed E-state index contributed by atoms with van der Waals surface area (Å²) in [5.41, 5.74) is 9.26. The van der Waals surface area contributed by atoms with E-state index in [2.05, 4.69) is 5.32 Å². The van der Waals surface area contributed by atoms with Gasteiger partial charge in [-0.05, 0) is 61.5 Å². The van der Waals surface area contributed by atoms with Crippen LogP contribution in [0.3, 0.4) is 0 Å². The van der Waals surface area contributed by atoms with Crippen molar-refractivity contribution in [3.63, 3.8) is 0 Å². The normalized spacial score (nSPS) is 15.6. The quantitative estimate of drug-likeness (QED) is 0.376. The van der Waals surface area contributed by atoms with E-state index in [4.69, 9.17) is 18.0 Å². The van der Waals surface area contributed by atoms with E-state index in [0.717, 1.165) is 22.0 Å². The summed E-state index contributed by atoms with van der Waals surface area (Å²) in [7, 11) is 0. The van der Waals surface area contributed by atoms with Crippen molar-refractivity contribution in [2.24, 2.45) is 5.73 Å². The minimum atomic E-state index is -0.567. The Morgan fingerprint density at radius 1 is 1.13 bits per heavy atom. The van der Waals surface area contributed by atoms with E-state index in [1.165, 1.54) is 11.0 Å². The largest absolute Gasteiger partial charge is 0.368 e. The van der Waals surface area contributed by atoms with E-state index in [1.807, 2.05) is 56.3 Å². The molecule has 0 radical (unpaired) electrons. The van der Waals surface area contributed by atoms with Crippen LogP contribution in [0.25, 0.3) is 17.0 Å². The SMILES string of the molecule is Cc1cc(C)cc(N2C(=O)/C(=C/c3cn(CC(N)=O)c4ccccc34)C(=O)NC2=S)c1. The Hall–Kier alpha value is -3.78. The number of nitrogens with one attached hydrogen (secondary N) is 1. The number of carbonyl (C=O) groups excluding carboxylic acids is 3. The van der Waals surface area contributed by atoms with Crippen LogP contribution in [-0.4, -0.2) is 27.4 Å². The smallest absolute Gasteiger partial charge is 0.270 e. The lowest BCUT2D eigenvalue weighted by Crippen LogP contribution is -2.54. The third-order valence-corrected chi connectivity index (χ3v) is 5.30. The second-order valence-electron chi connectivity index (χ2n) is 7.50. The lowest BCUT2D eigenvalue weighted by molar-refractivity contribution is -0.122. The second-order valence-corrected chi connectivity index (χ2v) is 7.89. The molecule has 0 spiro atoms. The van der Waals surface area contributed by atoms with Gasteiger partial charge in [-0.25, -0.2) is 0 Å². The van der Waals surface area contributed by atoms with E-state index in [9.17, 15) is 14.4 Å². The number of anilines is 1. The van der Waals surface area contributed by atoms with E-state index in [-0.39, 0.29) is 17.2 Å². The molecule has 0 unspecified atom stereocenters. The van der Waals surface area contributed by atoms with E-state index < -0.39 is 17.7 Å². The van der Waals surface area contributed by atoms with E-state index in [0.29, 0.717) is 11.3 Å². The summed E-state index contributed by atoms with van der Waals surface area (Å²) in [6.07, 6.45) is 3.23. The zero-order valence-electron chi connectivity index (χ0n) is 17.0. The van der Waals surface area contributed by atoms with Crippen LogP contribution in [-0.2, 0) is 20.9 Å². The van der Waals surface area contributed by atoms with Gasteiger partial charge in [0.15, 0.2) is 5.11 Å². The molecule has 3 aromatic rings. The molecule has 0 bridgehead atoms. The molecular formula is C23H20N4O3S. The van der Waals surface area contributed by atoms with Gasteiger partial charge in [0.2, 0.25) is 5.91 Å². The zero-order valence-corrected chi connectivity index (χ0v) is 17.8. The Bertz CT molecular complexity index is 1290. The molecular weight excluding hydrogens is 412 g/mol. The number of hydrogen-bond acceptors (Lipinski definition) is 4. The number of aromatic nitrogens is 1. The first-order valence-electron chi connectivity index (χ1n) is 9.60. The zero-order chi connectivity index (χ0) is 22.3. The third-order valence-electron chi connectivity index (χ3n) is 5.01. The van der Waals surface area contributed by atoms with Gasteiger partial charge in [0.25, 0.3) is 11.8 Å². The third kappa shape index (κ3) is 3.85. The fraction of sp³-hybridized carbons (Fsp3) is 0.130. The van der Waals surface area contributed by atoms with Crippen molar-refractivity contribution in [3.8, 4) is 0 Å². The second kappa shape index (κ2) is 7.81. The summed E-state index contributed by atoms with van der Waals surface area (Å²) in [6.45, 7) is 3.84. The van der Waals surface area contributed by atoms with Crippen LogP contribution >= 0.6 is 12.2 Å². The van der Waals surface area contributed by atoms with Crippen LogP contribution in [0.1, 0.15) is 16.7 Å². The van der Waals surface area contributed by atoms with E-state index in [1.54, 1.807) is 10.8 Å². The topological polar surface area (TPSA) is 97.4 Å². The molecule has 1 fully saturated rings. The molecule has 2 heterocycles. The number of amides is 3. The van der Waals surface area contributed by atoms with Crippen LogP contribution in [0.4, 0.5) is 5.69 Å². The molecule has 0 saturated carbocycles. The van der Waals surface area contributed by atoms with Gasteiger partial charge in [-0.1, -0.05) is 24.3 Å². The monoisotopic (exact) mass is 432 g/mol. The number of primary amides is 1.